The van der Waals surface area contributed by atoms with Crippen molar-refractivity contribution in [3.05, 3.63) is 12.2 Å². The molecule has 0 aromatic rings. The highest BCUT2D eigenvalue weighted by Crippen LogP contribution is 2.09. The molecule has 0 bridgehead atoms. The van der Waals surface area contributed by atoms with Crippen LogP contribution in [-0.2, 0) is 0 Å². The van der Waals surface area contributed by atoms with E-state index < -0.39 is 0 Å². The van der Waals surface area contributed by atoms with Crippen LogP contribution in [-0.4, -0.2) is 55.6 Å². The summed E-state index contributed by atoms with van der Waals surface area (Å²) in [6.07, 6.45) is 16.3. The standard InChI is InChI=1S/C22H43N7O/c1-2-3-15-25-20(23)26-16-11-8-6-10-14-19-29-18-13-9-5-4-7-12-17-27-21(24)28-22(29)30/h2-3H,4-19H2,1H3,(H3,23,25,26)(H3,24,27,28,30)/b3-2+. The van der Waals surface area contributed by atoms with Gasteiger partial charge in [0.2, 0.25) is 0 Å². The molecule has 1 aliphatic heterocycles. The summed E-state index contributed by atoms with van der Waals surface area (Å²) in [7, 11) is 0. The maximum absolute atomic E-state index is 12.5. The van der Waals surface area contributed by atoms with Gasteiger partial charge in [-0.3, -0.25) is 10.3 Å². The predicted octanol–water partition coefficient (Wildman–Crippen LogP) is 3.10. The molecule has 0 aromatic carbocycles. The molecule has 0 spiro atoms. The summed E-state index contributed by atoms with van der Waals surface area (Å²) in [6.45, 7) is 5.68. The van der Waals surface area contributed by atoms with Gasteiger partial charge in [0.25, 0.3) is 0 Å². The quantitative estimate of drug-likeness (QED) is 0.187. The van der Waals surface area contributed by atoms with Gasteiger partial charge in [0.15, 0.2) is 11.9 Å². The fourth-order valence-corrected chi connectivity index (χ4v) is 3.35. The van der Waals surface area contributed by atoms with Gasteiger partial charge in [-0.2, -0.15) is 0 Å². The highest BCUT2D eigenvalue weighted by molar-refractivity contribution is 5.95. The number of guanidine groups is 2. The Bertz CT molecular complexity index is 546. The summed E-state index contributed by atoms with van der Waals surface area (Å²) in [5.41, 5.74) is 11.6. The number of unbranched alkanes of at least 4 members (excludes halogenated alkanes) is 4. The molecule has 1 heterocycles. The van der Waals surface area contributed by atoms with Crippen molar-refractivity contribution in [1.29, 1.82) is 0 Å². The van der Waals surface area contributed by atoms with Crippen molar-refractivity contribution < 1.29 is 4.79 Å². The van der Waals surface area contributed by atoms with E-state index in [1.807, 2.05) is 24.0 Å². The van der Waals surface area contributed by atoms with Gasteiger partial charge in [-0.05, 0) is 32.6 Å². The molecule has 172 valence electrons. The third-order valence-corrected chi connectivity index (χ3v) is 5.15. The molecule has 0 fully saturated rings. The van der Waals surface area contributed by atoms with Crippen LogP contribution in [0.5, 0.6) is 0 Å². The SMILES string of the molecule is C/C=C/CN=C(N)NCCCCCCCN1CCCCCCCCN=C(N)NC1=O. The molecule has 30 heavy (non-hydrogen) atoms. The molecule has 0 aliphatic carbocycles. The first-order chi connectivity index (χ1) is 14.6. The van der Waals surface area contributed by atoms with Gasteiger partial charge in [0, 0.05) is 26.2 Å². The Kier molecular flexibility index (Phi) is 15.1. The van der Waals surface area contributed by atoms with Crippen molar-refractivity contribution in [2.45, 2.75) is 77.6 Å². The third-order valence-electron chi connectivity index (χ3n) is 5.15. The Morgan fingerprint density at radius 2 is 1.83 bits per heavy atom. The number of nitrogens with one attached hydrogen (secondary N) is 2. The van der Waals surface area contributed by atoms with Gasteiger partial charge in [0.1, 0.15) is 0 Å². The monoisotopic (exact) mass is 421 g/mol. The van der Waals surface area contributed by atoms with Crippen LogP contribution in [0.2, 0.25) is 0 Å². The third kappa shape index (κ3) is 13.8. The lowest BCUT2D eigenvalue weighted by Crippen LogP contribution is -2.46. The molecule has 0 saturated carbocycles. The lowest BCUT2D eigenvalue weighted by molar-refractivity contribution is 0.200. The van der Waals surface area contributed by atoms with E-state index in [1.54, 1.807) is 0 Å². The number of hydrogen-bond donors (Lipinski definition) is 4. The summed E-state index contributed by atoms with van der Waals surface area (Å²) >= 11 is 0. The van der Waals surface area contributed by atoms with E-state index in [-0.39, 0.29) is 12.0 Å². The normalized spacial score (nSPS) is 17.6. The summed E-state index contributed by atoms with van der Waals surface area (Å²) in [4.78, 5) is 22.9. The van der Waals surface area contributed by atoms with Crippen molar-refractivity contribution in [3.8, 4) is 0 Å². The Labute approximate surface area is 182 Å². The second-order valence-corrected chi connectivity index (χ2v) is 7.79. The van der Waals surface area contributed by atoms with Gasteiger partial charge in [0.05, 0.1) is 6.54 Å². The number of amides is 2. The van der Waals surface area contributed by atoms with Crippen molar-refractivity contribution in [3.63, 3.8) is 0 Å². The van der Waals surface area contributed by atoms with Gasteiger partial charge in [-0.25, -0.2) is 9.79 Å². The molecule has 0 atom stereocenters. The summed E-state index contributed by atoms with van der Waals surface area (Å²) in [6, 6.07) is -0.118. The lowest BCUT2D eigenvalue weighted by atomic mass is 10.1. The number of nitrogens with two attached hydrogens (primary N) is 2. The molecule has 8 nitrogen and oxygen atoms in total. The Morgan fingerprint density at radius 3 is 2.63 bits per heavy atom. The number of allylic oxidation sites excluding steroid dienone is 1. The smallest absolute Gasteiger partial charge is 0.324 e. The molecule has 0 unspecified atom stereocenters. The topological polar surface area (TPSA) is 121 Å². The minimum Gasteiger partial charge on any atom is -0.370 e. The zero-order valence-electron chi connectivity index (χ0n) is 18.9. The van der Waals surface area contributed by atoms with Gasteiger partial charge >= 0.3 is 6.03 Å². The average Bonchev–Trinajstić information content (AvgIpc) is 2.73. The molecule has 0 aromatic heterocycles. The van der Waals surface area contributed by atoms with E-state index in [9.17, 15) is 4.79 Å². The number of aliphatic imine (C=N–C) groups is 2. The first kappa shape index (κ1) is 25.8. The van der Waals surface area contributed by atoms with E-state index in [1.165, 1.54) is 25.7 Å². The van der Waals surface area contributed by atoms with Crippen LogP contribution in [0.25, 0.3) is 0 Å². The minimum absolute atomic E-state index is 0.118. The summed E-state index contributed by atoms with van der Waals surface area (Å²) in [5.74, 6) is 0.748. The molecule has 1 aliphatic rings. The van der Waals surface area contributed by atoms with Gasteiger partial charge in [-0.15, -0.1) is 0 Å². The molecule has 0 saturated heterocycles. The maximum atomic E-state index is 12.5. The Balaban J connectivity index is 2.22. The fourth-order valence-electron chi connectivity index (χ4n) is 3.35. The molecular weight excluding hydrogens is 378 g/mol. The zero-order chi connectivity index (χ0) is 21.9. The van der Waals surface area contributed by atoms with Crippen LogP contribution in [0.1, 0.15) is 77.6 Å². The van der Waals surface area contributed by atoms with Crippen LogP contribution in [0.3, 0.4) is 0 Å². The van der Waals surface area contributed by atoms with Crippen LogP contribution < -0.4 is 22.1 Å². The van der Waals surface area contributed by atoms with Crippen molar-refractivity contribution >= 4 is 18.0 Å². The van der Waals surface area contributed by atoms with E-state index in [4.69, 9.17) is 11.5 Å². The van der Waals surface area contributed by atoms with E-state index in [0.717, 1.165) is 64.6 Å². The second kappa shape index (κ2) is 17.6. The zero-order valence-corrected chi connectivity index (χ0v) is 18.9. The first-order valence-electron chi connectivity index (χ1n) is 11.6. The maximum Gasteiger partial charge on any atom is 0.324 e. The molecule has 0 radical (unpaired) electrons. The Morgan fingerprint density at radius 1 is 1.13 bits per heavy atom. The van der Waals surface area contributed by atoms with Crippen LogP contribution in [0.15, 0.2) is 22.1 Å². The van der Waals surface area contributed by atoms with Gasteiger partial charge < -0.3 is 21.7 Å². The van der Waals surface area contributed by atoms with Crippen molar-refractivity contribution in [2.75, 3.05) is 32.7 Å². The average molecular weight is 422 g/mol. The molecule has 1 rings (SSSR count). The molecule has 8 heteroatoms. The highest BCUT2D eigenvalue weighted by atomic mass is 16.2. The van der Waals surface area contributed by atoms with Crippen molar-refractivity contribution in [1.82, 2.24) is 15.5 Å². The van der Waals surface area contributed by atoms with E-state index >= 15 is 0 Å². The highest BCUT2D eigenvalue weighted by Gasteiger charge is 2.14. The summed E-state index contributed by atoms with van der Waals surface area (Å²) in [5, 5.41) is 5.89. The second-order valence-electron chi connectivity index (χ2n) is 7.79. The van der Waals surface area contributed by atoms with Crippen molar-refractivity contribution in [2.24, 2.45) is 21.5 Å². The van der Waals surface area contributed by atoms with Crippen LogP contribution in [0, 0.1) is 0 Å². The number of urea groups is 1. The number of carbonyl (C=O) groups is 1. The lowest BCUT2D eigenvalue weighted by Gasteiger charge is -2.23. The predicted molar refractivity (Wildman–Crippen MR) is 127 cm³/mol. The Hall–Kier alpha value is -2.25. The summed E-state index contributed by atoms with van der Waals surface area (Å²) < 4.78 is 0. The largest absolute Gasteiger partial charge is 0.370 e. The van der Waals surface area contributed by atoms with E-state index in [2.05, 4.69) is 20.6 Å². The first-order valence-corrected chi connectivity index (χ1v) is 11.6. The number of hydrogen-bond acceptors (Lipinski definition) is 4. The number of nitrogens with zero attached hydrogens (tertiary/aromatic N) is 3. The van der Waals surface area contributed by atoms with E-state index in [0.29, 0.717) is 19.0 Å². The fraction of sp³-hybridized carbons (Fsp3) is 0.773. The van der Waals surface area contributed by atoms with Crippen LogP contribution >= 0.6 is 0 Å². The van der Waals surface area contributed by atoms with Gasteiger partial charge in [-0.1, -0.05) is 57.1 Å². The molecular formula is C22H43N7O. The number of carbonyl (C=O) groups excluding carboxylic acids is 1. The minimum atomic E-state index is -0.118. The molecule has 6 N–H and O–H groups in total. The van der Waals surface area contributed by atoms with Crippen LogP contribution in [0.4, 0.5) is 4.79 Å². The molecule has 2 amide bonds. The number of rotatable bonds is 10.